The number of hydrogen-bond acceptors (Lipinski definition) is 5. The van der Waals surface area contributed by atoms with Crippen molar-refractivity contribution in [1.29, 1.82) is 0 Å². The van der Waals surface area contributed by atoms with Gasteiger partial charge in [0.1, 0.15) is 0 Å². The molecule has 2 heterocycles. The molecule has 6 heteroatoms. The van der Waals surface area contributed by atoms with Gasteiger partial charge >= 0.3 is 13.1 Å². The molecule has 1 unspecified atom stereocenters. The summed E-state index contributed by atoms with van der Waals surface area (Å²) in [6, 6.07) is 10.4. The first-order valence-corrected chi connectivity index (χ1v) is 9.55. The number of benzene rings is 1. The summed E-state index contributed by atoms with van der Waals surface area (Å²) < 4.78 is 18.8. The summed E-state index contributed by atoms with van der Waals surface area (Å²) in [6.45, 7) is 10.3. The predicted octanol–water partition coefficient (Wildman–Crippen LogP) is 4.57. The fourth-order valence-corrected chi connectivity index (χ4v) is 4.15. The minimum absolute atomic E-state index is 0.183. The molecule has 1 aromatic carbocycles. The molecule has 134 valence electrons. The fourth-order valence-electron chi connectivity index (χ4n) is 2.97. The lowest BCUT2D eigenvalue weighted by molar-refractivity contribution is -0.143. The van der Waals surface area contributed by atoms with Gasteiger partial charge in [-0.25, -0.2) is 0 Å². The van der Waals surface area contributed by atoms with E-state index in [1.165, 1.54) is 10.1 Å². The van der Waals surface area contributed by atoms with Crippen LogP contribution in [0.4, 0.5) is 0 Å². The van der Waals surface area contributed by atoms with E-state index in [0.29, 0.717) is 6.61 Å². The summed E-state index contributed by atoms with van der Waals surface area (Å²) in [5.41, 5.74) is -0.859. The second kappa shape index (κ2) is 6.74. The molecular formula is C19H25BO4S. The van der Waals surface area contributed by atoms with Crippen LogP contribution in [0.2, 0.25) is 0 Å². The van der Waals surface area contributed by atoms with Crippen molar-refractivity contribution >= 4 is 34.5 Å². The maximum Gasteiger partial charge on any atom is 0.467 e. The first kappa shape index (κ1) is 18.4. The second-order valence-corrected chi connectivity index (χ2v) is 8.54. The maximum absolute atomic E-state index is 12.2. The third-order valence-electron chi connectivity index (χ3n) is 5.10. The van der Waals surface area contributed by atoms with Crippen LogP contribution in [0.3, 0.4) is 0 Å². The highest BCUT2D eigenvalue weighted by Gasteiger charge is 2.54. The molecule has 0 radical (unpaired) electrons. The van der Waals surface area contributed by atoms with E-state index < -0.39 is 18.3 Å². The molecular weight excluding hydrogens is 335 g/mol. The standard InChI is InChI=1S/C19H25BO4S/c1-6-22-17(21)12-14(20-23-18(2,3)19(4,5)24-20)16-11-13-9-7-8-10-15(13)25-16/h7-11,14H,6,12H2,1-5H3. The normalized spacial score (nSPS) is 20.0. The molecule has 1 atom stereocenters. The minimum atomic E-state index is -0.470. The van der Waals surface area contributed by atoms with Gasteiger partial charge in [0.05, 0.1) is 24.2 Å². The number of hydrogen-bond donors (Lipinski definition) is 0. The van der Waals surface area contributed by atoms with E-state index in [4.69, 9.17) is 14.0 Å². The zero-order valence-electron chi connectivity index (χ0n) is 15.5. The van der Waals surface area contributed by atoms with Crippen molar-refractivity contribution in [3.05, 3.63) is 35.2 Å². The zero-order valence-corrected chi connectivity index (χ0v) is 16.3. The minimum Gasteiger partial charge on any atom is -0.466 e. The van der Waals surface area contributed by atoms with E-state index in [2.05, 4.69) is 18.2 Å². The Balaban J connectivity index is 1.94. The monoisotopic (exact) mass is 360 g/mol. The molecule has 3 rings (SSSR count). The third-order valence-corrected chi connectivity index (χ3v) is 6.35. The van der Waals surface area contributed by atoms with E-state index in [1.807, 2.05) is 46.8 Å². The molecule has 0 amide bonds. The molecule has 1 aliphatic rings. The van der Waals surface area contributed by atoms with Gasteiger partial charge in [0, 0.05) is 15.4 Å². The Morgan fingerprint density at radius 2 is 1.84 bits per heavy atom. The van der Waals surface area contributed by atoms with Crippen molar-refractivity contribution in [3.8, 4) is 0 Å². The number of carbonyl (C=O) groups excluding carboxylic acids is 1. The Hall–Kier alpha value is -1.37. The van der Waals surface area contributed by atoms with Crippen molar-refractivity contribution in [2.75, 3.05) is 6.61 Å². The van der Waals surface area contributed by atoms with Gasteiger partial charge in [-0.3, -0.25) is 4.79 Å². The number of ether oxygens (including phenoxy) is 1. The van der Waals surface area contributed by atoms with Gasteiger partial charge in [0.2, 0.25) is 0 Å². The van der Waals surface area contributed by atoms with Crippen LogP contribution in [-0.2, 0) is 18.8 Å². The molecule has 0 aliphatic carbocycles. The lowest BCUT2D eigenvalue weighted by Gasteiger charge is -2.32. The van der Waals surface area contributed by atoms with Crippen LogP contribution < -0.4 is 0 Å². The number of fused-ring (bicyclic) bond motifs is 1. The quantitative estimate of drug-likeness (QED) is 0.579. The molecule has 2 aromatic rings. The van der Waals surface area contributed by atoms with E-state index in [9.17, 15) is 4.79 Å². The van der Waals surface area contributed by atoms with Crippen LogP contribution in [0.25, 0.3) is 10.1 Å². The summed E-state index contributed by atoms with van der Waals surface area (Å²) in [5, 5.41) is 1.17. The van der Waals surface area contributed by atoms with Gasteiger partial charge < -0.3 is 14.0 Å². The van der Waals surface area contributed by atoms with Crippen molar-refractivity contribution in [2.24, 2.45) is 0 Å². The topological polar surface area (TPSA) is 44.8 Å². The van der Waals surface area contributed by atoms with Crippen LogP contribution in [0, 0.1) is 0 Å². The highest BCUT2D eigenvalue weighted by atomic mass is 32.1. The first-order chi connectivity index (χ1) is 11.7. The summed E-state index contributed by atoms with van der Waals surface area (Å²) in [7, 11) is -0.470. The lowest BCUT2D eigenvalue weighted by Crippen LogP contribution is -2.41. The molecule has 0 saturated carbocycles. The van der Waals surface area contributed by atoms with Crippen LogP contribution >= 0.6 is 11.3 Å². The molecule has 0 spiro atoms. The zero-order chi connectivity index (χ0) is 18.2. The summed E-state index contributed by atoms with van der Waals surface area (Å²) in [5.74, 6) is -0.405. The maximum atomic E-state index is 12.2. The highest BCUT2D eigenvalue weighted by molar-refractivity contribution is 7.19. The number of esters is 1. The van der Waals surface area contributed by atoms with Crippen molar-refractivity contribution in [3.63, 3.8) is 0 Å². The number of thiophene rings is 1. The second-order valence-electron chi connectivity index (χ2n) is 7.43. The Labute approximate surface area is 153 Å². The first-order valence-electron chi connectivity index (χ1n) is 8.73. The smallest absolute Gasteiger partial charge is 0.466 e. The summed E-state index contributed by atoms with van der Waals surface area (Å²) >= 11 is 1.68. The highest BCUT2D eigenvalue weighted by Crippen LogP contribution is 2.43. The Kier molecular flexibility index (Phi) is 4.97. The van der Waals surface area contributed by atoms with E-state index in [1.54, 1.807) is 11.3 Å². The average Bonchev–Trinajstić information content (AvgIpc) is 3.03. The van der Waals surface area contributed by atoms with Crippen LogP contribution in [0.15, 0.2) is 30.3 Å². The summed E-state index contributed by atoms with van der Waals surface area (Å²) in [6.07, 6.45) is 0.248. The van der Waals surface area contributed by atoms with Gasteiger partial charge in [-0.2, -0.15) is 0 Å². The molecule has 1 aromatic heterocycles. The SMILES string of the molecule is CCOC(=O)CC(B1OC(C)(C)C(C)(C)O1)c1cc2ccccc2s1. The fraction of sp³-hybridized carbons (Fsp3) is 0.526. The molecule has 1 aliphatic heterocycles. The molecule has 4 nitrogen and oxygen atoms in total. The largest absolute Gasteiger partial charge is 0.467 e. The average molecular weight is 360 g/mol. The number of rotatable bonds is 5. The van der Waals surface area contributed by atoms with Crippen LogP contribution in [-0.4, -0.2) is 30.9 Å². The molecule has 25 heavy (non-hydrogen) atoms. The Bertz CT molecular complexity index is 719. The number of carbonyl (C=O) groups is 1. The Morgan fingerprint density at radius 3 is 2.44 bits per heavy atom. The summed E-state index contributed by atoms with van der Waals surface area (Å²) in [4.78, 5) is 13.3. The van der Waals surface area contributed by atoms with Gasteiger partial charge in [0.15, 0.2) is 0 Å². The third kappa shape index (κ3) is 3.61. The lowest BCUT2D eigenvalue weighted by atomic mass is 9.69. The van der Waals surface area contributed by atoms with E-state index >= 15 is 0 Å². The molecule has 1 fully saturated rings. The van der Waals surface area contributed by atoms with Crippen molar-refractivity contribution < 1.29 is 18.8 Å². The molecule has 0 N–H and O–H groups in total. The molecule has 1 saturated heterocycles. The van der Waals surface area contributed by atoms with Gasteiger partial charge in [0.25, 0.3) is 0 Å². The van der Waals surface area contributed by atoms with E-state index in [0.717, 1.165) is 4.88 Å². The van der Waals surface area contributed by atoms with Gasteiger partial charge in [-0.15, -0.1) is 11.3 Å². The van der Waals surface area contributed by atoms with Crippen molar-refractivity contribution in [1.82, 2.24) is 0 Å². The van der Waals surface area contributed by atoms with Crippen LogP contribution in [0.1, 0.15) is 51.7 Å². The Morgan fingerprint density at radius 1 is 1.20 bits per heavy atom. The van der Waals surface area contributed by atoms with Gasteiger partial charge in [-0.1, -0.05) is 18.2 Å². The molecule has 0 bridgehead atoms. The van der Waals surface area contributed by atoms with Crippen LogP contribution in [0.5, 0.6) is 0 Å². The van der Waals surface area contributed by atoms with E-state index in [-0.39, 0.29) is 18.2 Å². The van der Waals surface area contributed by atoms with Crippen molar-refractivity contribution in [2.45, 2.75) is 58.1 Å². The van der Waals surface area contributed by atoms with Gasteiger partial charge in [-0.05, 0) is 52.1 Å². The predicted molar refractivity (Wildman–Crippen MR) is 102 cm³/mol.